The van der Waals surface area contributed by atoms with Crippen LogP contribution in [0.25, 0.3) is 5.76 Å². The van der Waals surface area contributed by atoms with Gasteiger partial charge < -0.3 is 24.2 Å². The van der Waals surface area contributed by atoms with Crippen molar-refractivity contribution in [2.24, 2.45) is 0 Å². The zero-order valence-corrected chi connectivity index (χ0v) is 20.3. The predicted molar refractivity (Wildman–Crippen MR) is 130 cm³/mol. The minimum absolute atomic E-state index is 0.0297. The fourth-order valence-corrected chi connectivity index (χ4v) is 5.09. The molecule has 1 amide bonds. The molecule has 0 unspecified atom stereocenters. The number of fused-ring (bicyclic) bond motifs is 1. The predicted octanol–water partition coefficient (Wildman–Crippen LogP) is 3.52. The quantitative estimate of drug-likeness (QED) is 0.368. The van der Waals surface area contributed by atoms with Gasteiger partial charge in [-0.25, -0.2) is 0 Å². The number of ketones is 1. The molecule has 1 N–H and O–H groups in total. The molecular formula is C25H24Cl2N2O6. The molecule has 2 fully saturated rings. The van der Waals surface area contributed by atoms with Crippen molar-refractivity contribution in [1.29, 1.82) is 0 Å². The number of aliphatic hydroxyl groups excluding tert-OH is 1. The summed E-state index contributed by atoms with van der Waals surface area (Å²) < 4.78 is 16.6. The van der Waals surface area contributed by atoms with E-state index in [0.717, 1.165) is 13.1 Å². The minimum Gasteiger partial charge on any atom is -0.507 e. The van der Waals surface area contributed by atoms with Gasteiger partial charge in [0.2, 0.25) is 0 Å². The van der Waals surface area contributed by atoms with E-state index in [9.17, 15) is 14.7 Å². The standard InChI is InChI=1S/C25H24Cl2N2O6/c26-16-2-3-17(18(27)14-16)22-21(23(30)15-1-4-19-20(13-15)35-12-11-34-19)24(31)25(32)29(22)6-5-28-7-9-33-10-8-28/h1-4,13-14,22,30H,5-12H2/t22-/m0/s1. The van der Waals surface area contributed by atoms with Gasteiger partial charge in [0, 0.05) is 41.8 Å². The Morgan fingerprint density at radius 1 is 0.943 bits per heavy atom. The lowest BCUT2D eigenvalue weighted by molar-refractivity contribution is -0.140. The smallest absolute Gasteiger partial charge is 0.295 e. The van der Waals surface area contributed by atoms with E-state index in [1.165, 1.54) is 4.90 Å². The van der Waals surface area contributed by atoms with Crippen LogP contribution in [0.15, 0.2) is 42.0 Å². The second kappa shape index (κ2) is 10.1. The Kier molecular flexibility index (Phi) is 6.88. The molecule has 3 heterocycles. The number of nitrogens with zero attached hydrogens (tertiary/aromatic N) is 2. The van der Waals surface area contributed by atoms with E-state index < -0.39 is 17.7 Å². The SMILES string of the molecule is O=C1C(=O)N(CCN2CCOCC2)[C@@H](c2ccc(Cl)cc2Cl)C1=C(O)c1ccc2c(c1)OCCO2. The van der Waals surface area contributed by atoms with Crippen LogP contribution < -0.4 is 9.47 Å². The van der Waals surface area contributed by atoms with Gasteiger partial charge in [0.25, 0.3) is 11.7 Å². The molecule has 2 aromatic carbocycles. The average Bonchev–Trinajstić information content (AvgIpc) is 3.12. The number of benzene rings is 2. The first-order valence-electron chi connectivity index (χ1n) is 11.4. The van der Waals surface area contributed by atoms with E-state index in [4.69, 9.17) is 37.4 Å². The Morgan fingerprint density at radius 3 is 2.43 bits per heavy atom. The van der Waals surface area contributed by atoms with E-state index in [2.05, 4.69) is 4.90 Å². The summed E-state index contributed by atoms with van der Waals surface area (Å²) in [6.07, 6.45) is 0. The van der Waals surface area contributed by atoms with Crippen LogP contribution in [0.5, 0.6) is 11.5 Å². The number of halogens is 2. The Hall–Kier alpha value is -2.78. The molecule has 10 heteroatoms. The summed E-state index contributed by atoms with van der Waals surface area (Å²) in [5, 5.41) is 12.0. The van der Waals surface area contributed by atoms with Crippen LogP contribution >= 0.6 is 23.2 Å². The molecule has 0 aliphatic carbocycles. The van der Waals surface area contributed by atoms with Crippen LogP contribution in [0.1, 0.15) is 17.2 Å². The van der Waals surface area contributed by atoms with Crippen molar-refractivity contribution in [1.82, 2.24) is 9.80 Å². The Bertz CT molecular complexity index is 1190. The van der Waals surface area contributed by atoms with E-state index >= 15 is 0 Å². The molecule has 3 aliphatic rings. The second-order valence-electron chi connectivity index (χ2n) is 8.47. The third-order valence-corrected chi connectivity index (χ3v) is 6.94. The Morgan fingerprint density at radius 2 is 1.69 bits per heavy atom. The van der Waals surface area contributed by atoms with Crippen LogP contribution in [0.2, 0.25) is 10.0 Å². The van der Waals surface area contributed by atoms with Gasteiger partial charge in [-0.1, -0.05) is 29.3 Å². The molecule has 0 radical (unpaired) electrons. The van der Waals surface area contributed by atoms with Gasteiger partial charge >= 0.3 is 0 Å². The third-order valence-electron chi connectivity index (χ3n) is 6.37. The van der Waals surface area contributed by atoms with Crippen molar-refractivity contribution in [3.05, 3.63) is 63.1 Å². The third kappa shape index (κ3) is 4.71. The summed E-state index contributed by atoms with van der Waals surface area (Å²) in [5.74, 6) is -0.743. The van der Waals surface area contributed by atoms with Gasteiger partial charge in [-0.15, -0.1) is 0 Å². The molecule has 35 heavy (non-hydrogen) atoms. The molecule has 2 aromatic rings. The van der Waals surface area contributed by atoms with Crippen LogP contribution in [0, 0.1) is 0 Å². The summed E-state index contributed by atoms with van der Waals surface area (Å²) >= 11 is 12.6. The number of hydrogen-bond donors (Lipinski definition) is 1. The monoisotopic (exact) mass is 518 g/mol. The van der Waals surface area contributed by atoms with E-state index in [1.54, 1.807) is 36.4 Å². The number of carbonyl (C=O) groups excluding carboxylic acids is 2. The van der Waals surface area contributed by atoms with Crippen LogP contribution in [-0.2, 0) is 14.3 Å². The number of morpholine rings is 1. The number of Topliss-reactive ketones (excluding diaryl/α,β-unsaturated/α-hetero) is 1. The van der Waals surface area contributed by atoms with Gasteiger partial charge in [-0.05, 0) is 35.9 Å². The highest BCUT2D eigenvalue weighted by Gasteiger charge is 2.46. The van der Waals surface area contributed by atoms with Gasteiger partial charge in [-0.3, -0.25) is 14.5 Å². The first-order chi connectivity index (χ1) is 16.9. The topological polar surface area (TPSA) is 88.5 Å². The van der Waals surface area contributed by atoms with Crippen LogP contribution in [0.4, 0.5) is 0 Å². The number of rotatable bonds is 5. The lowest BCUT2D eigenvalue weighted by Gasteiger charge is -2.31. The zero-order chi connectivity index (χ0) is 24.5. The average molecular weight is 519 g/mol. The number of amides is 1. The summed E-state index contributed by atoms with van der Waals surface area (Å²) in [7, 11) is 0. The number of likely N-dealkylation sites (tertiary alicyclic amines) is 1. The second-order valence-corrected chi connectivity index (χ2v) is 9.31. The lowest BCUT2D eigenvalue weighted by atomic mass is 9.95. The van der Waals surface area contributed by atoms with Crippen molar-refractivity contribution in [3.8, 4) is 11.5 Å². The Balaban J connectivity index is 1.56. The van der Waals surface area contributed by atoms with Crippen molar-refractivity contribution in [3.63, 3.8) is 0 Å². The van der Waals surface area contributed by atoms with Gasteiger partial charge in [0.05, 0.1) is 24.8 Å². The number of hydrogen-bond acceptors (Lipinski definition) is 7. The maximum Gasteiger partial charge on any atom is 0.295 e. The highest BCUT2D eigenvalue weighted by atomic mass is 35.5. The summed E-state index contributed by atoms with van der Waals surface area (Å²) in [5.41, 5.74) is 0.824. The molecule has 8 nitrogen and oxygen atoms in total. The largest absolute Gasteiger partial charge is 0.507 e. The molecule has 2 saturated heterocycles. The van der Waals surface area contributed by atoms with Crippen LogP contribution in [0.3, 0.4) is 0 Å². The molecule has 0 saturated carbocycles. The number of carbonyl (C=O) groups is 2. The molecule has 5 rings (SSSR count). The highest BCUT2D eigenvalue weighted by molar-refractivity contribution is 6.47. The summed E-state index contributed by atoms with van der Waals surface area (Å²) in [6.45, 7) is 4.38. The van der Waals surface area contributed by atoms with E-state index in [-0.39, 0.29) is 17.9 Å². The molecule has 184 valence electrons. The fraction of sp³-hybridized carbons (Fsp3) is 0.360. The first kappa shape index (κ1) is 23.9. The highest BCUT2D eigenvalue weighted by Crippen LogP contribution is 2.43. The molecule has 0 spiro atoms. The molecule has 0 aromatic heterocycles. The zero-order valence-electron chi connectivity index (χ0n) is 18.8. The van der Waals surface area contributed by atoms with Crippen molar-refractivity contribution < 1.29 is 28.9 Å². The van der Waals surface area contributed by atoms with Crippen molar-refractivity contribution in [2.45, 2.75) is 6.04 Å². The summed E-state index contributed by atoms with van der Waals surface area (Å²) in [6, 6.07) is 8.92. The number of aliphatic hydroxyl groups is 1. The molecule has 3 aliphatic heterocycles. The van der Waals surface area contributed by atoms with Crippen LogP contribution in [-0.4, -0.2) is 79.2 Å². The molecular weight excluding hydrogens is 495 g/mol. The van der Waals surface area contributed by atoms with Gasteiger partial charge in [0.15, 0.2) is 11.5 Å². The number of ether oxygens (including phenoxy) is 3. The summed E-state index contributed by atoms with van der Waals surface area (Å²) in [4.78, 5) is 30.1. The maximum atomic E-state index is 13.3. The fourth-order valence-electron chi connectivity index (χ4n) is 4.58. The first-order valence-corrected chi connectivity index (χ1v) is 12.1. The Labute approximate surface area is 212 Å². The van der Waals surface area contributed by atoms with Crippen molar-refractivity contribution >= 4 is 40.7 Å². The maximum absolute atomic E-state index is 13.3. The normalized spacial score (nSPS) is 22.0. The minimum atomic E-state index is -0.867. The molecule has 1 atom stereocenters. The van der Waals surface area contributed by atoms with Crippen molar-refractivity contribution in [2.75, 3.05) is 52.6 Å². The van der Waals surface area contributed by atoms with E-state index in [1.807, 2.05) is 0 Å². The van der Waals surface area contributed by atoms with Gasteiger partial charge in [-0.2, -0.15) is 0 Å². The van der Waals surface area contributed by atoms with E-state index in [0.29, 0.717) is 65.6 Å². The lowest BCUT2D eigenvalue weighted by Crippen LogP contribution is -2.42. The van der Waals surface area contributed by atoms with Gasteiger partial charge in [0.1, 0.15) is 19.0 Å². The molecule has 0 bridgehead atoms.